The molecular formula is C22H24Br2N4O4. The molecule has 0 saturated heterocycles. The number of halogens is 2. The normalized spacial score (nSPS) is 11.0. The van der Waals surface area contributed by atoms with Gasteiger partial charge in [0.15, 0.2) is 0 Å². The molecule has 2 rings (SSSR count). The third-order valence-corrected chi connectivity index (χ3v) is 4.89. The number of hydrogen-bond donors (Lipinski definition) is 2. The van der Waals surface area contributed by atoms with Crippen LogP contribution in [0.15, 0.2) is 55.5 Å². The zero-order chi connectivity index (χ0) is 23.3. The van der Waals surface area contributed by atoms with E-state index in [1.54, 1.807) is 0 Å². The maximum absolute atomic E-state index is 12.0. The van der Waals surface area contributed by atoms with Gasteiger partial charge in [-0.2, -0.15) is 10.2 Å². The third-order valence-electron chi connectivity index (χ3n) is 3.91. The van der Waals surface area contributed by atoms with Crippen molar-refractivity contribution in [2.75, 3.05) is 13.2 Å². The fraction of sp³-hybridized carbons (Fsp3) is 0.273. The molecule has 0 radical (unpaired) electrons. The van der Waals surface area contributed by atoms with Crippen LogP contribution in [0.5, 0.6) is 11.5 Å². The molecule has 0 aromatic heterocycles. The van der Waals surface area contributed by atoms with Crippen molar-refractivity contribution in [2.24, 2.45) is 10.2 Å². The van der Waals surface area contributed by atoms with Gasteiger partial charge < -0.3 is 9.47 Å². The number of nitrogens with one attached hydrogen (secondary N) is 2. The second-order valence-corrected chi connectivity index (χ2v) is 8.15. The number of nitrogens with zero attached hydrogens (tertiary/aromatic N) is 2. The number of carbonyl (C=O) groups excluding carboxylic acids is 2. The van der Waals surface area contributed by atoms with E-state index in [4.69, 9.17) is 9.47 Å². The summed E-state index contributed by atoms with van der Waals surface area (Å²) in [5, 5.41) is 7.87. The molecule has 0 spiro atoms. The van der Waals surface area contributed by atoms with Crippen LogP contribution in [0, 0.1) is 0 Å². The zero-order valence-electron chi connectivity index (χ0n) is 17.7. The molecule has 2 aromatic rings. The molecular weight excluding hydrogens is 544 g/mol. The van der Waals surface area contributed by atoms with E-state index in [9.17, 15) is 9.59 Å². The molecule has 0 unspecified atom stereocenters. The maximum atomic E-state index is 12.0. The predicted octanol–water partition coefficient (Wildman–Crippen LogP) is 4.39. The highest BCUT2D eigenvalue weighted by Gasteiger charge is 2.07. The summed E-state index contributed by atoms with van der Waals surface area (Å²) in [6, 6.07) is 11.0. The van der Waals surface area contributed by atoms with E-state index >= 15 is 0 Å². The smallest absolute Gasteiger partial charge is 0.240 e. The summed E-state index contributed by atoms with van der Waals surface area (Å²) >= 11 is 6.78. The third kappa shape index (κ3) is 8.80. The van der Waals surface area contributed by atoms with E-state index in [1.165, 1.54) is 12.4 Å². The first-order chi connectivity index (χ1) is 15.4. The van der Waals surface area contributed by atoms with Crippen molar-refractivity contribution in [2.45, 2.75) is 26.7 Å². The molecule has 0 aliphatic carbocycles. The van der Waals surface area contributed by atoms with E-state index in [1.807, 2.05) is 50.2 Å². The van der Waals surface area contributed by atoms with Crippen molar-refractivity contribution in [1.29, 1.82) is 0 Å². The highest BCUT2D eigenvalue weighted by Crippen LogP contribution is 2.22. The quantitative estimate of drug-likeness (QED) is 0.310. The Bertz CT molecular complexity index is 916. The maximum Gasteiger partial charge on any atom is 0.240 e. The number of hydrogen-bond acceptors (Lipinski definition) is 6. The van der Waals surface area contributed by atoms with Gasteiger partial charge in [0, 0.05) is 32.9 Å². The summed E-state index contributed by atoms with van der Waals surface area (Å²) in [7, 11) is 0. The van der Waals surface area contributed by atoms with Gasteiger partial charge in [0.25, 0.3) is 0 Å². The lowest BCUT2D eigenvalue weighted by Crippen LogP contribution is -2.22. The number of ether oxygens (including phenoxy) is 2. The van der Waals surface area contributed by atoms with E-state index in [0.29, 0.717) is 35.8 Å². The van der Waals surface area contributed by atoms with E-state index in [-0.39, 0.29) is 24.7 Å². The Hall–Kier alpha value is -2.72. The predicted molar refractivity (Wildman–Crippen MR) is 131 cm³/mol. The van der Waals surface area contributed by atoms with Crippen LogP contribution in [0.3, 0.4) is 0 Å². The molecule has 8 nitrogen and oxygen atoms in total. The summed E-state index contributed by atoms with van der Waals surface area (Å²) < 4.78 is 12.8. The molecule has 2 amide bonds. The highest BCUT2D eigenvalue weighted by molar-refractivity contribution is 9.10. The number of hydrazone groups is 2. The van der Waals surface area contributed by atoms with Crippen molar-refractivity contribution < 1.29 is 19.1 Å². The monoisotopic (exact) mass is 566 g/mol. The molecule has 32 heavy (non-hydrogen) atoms. The summed E-state index contributed by atoms with van der Waals surface area (Å²) in [6.45, 7) is 4.80. The van der Waals surface area contributed by atoms with Crippen LogP contribution in [0.4, 0.5) is 0 Å². The van der Waals surface area contributed by atoms with Crippen LogP contribution in [-0.2, 0) is 9.59 Å². The van der Waals surface area contributed by atoms with Gasteiger partial charge in [-0.05, 0) is 50.2 Å². The largest absolute Gasteiger partial charge is 0.493 e. The Kier molecular flexibility index (Phi) is 10.9. The first kappa shape index (κ1) is 25.5. The van der Waals surface area contributed by atoms with E-state index in [2.05, 4.69) is 52.9 Å². The average molecular weight is 568 g/mol. The fourth-order valence-corrected chi connectivity index (χ4v) is 3.26. The lowest BCUT2D eigenvalue weighted by atomic mass is 10.2. The Morgan fingerprint density at radius 3 is 1.59 bits per heavy atom. The summed E-state index contributed by atoms with van der Waals surface area (Å²) in [5.41, 5.74) is 6.24. The second-order valence-electron chi connectivity index (χ2n) is 6.32. The first-order valence-electron chi connectivity index (χ1n) is 9.91. The van der Waals surface area contributed by atoms with Crippen LogP contribution in [-0.4, -0.2) is 37.5 Å². The Labute approximate surface area is 203 Å². The first-order valence-corrected chi connectivity index (χ1v) is 11.5. The van der Waals surface area contributed by atoms with E-state index in [0.717, 1.165) is 8.95 Å². The molecule has 170 valence electrons. The van der Waals surface area contributed by atoms with Gasteiger partial charge in [0.2, 0.25) is 11.8 Å². The summed E-state index contributed by atoms with van der Waals surface area (Å²) in [4.78, 5) is 23.9. The zero-order valence-corrected chi connectivity index (χ0v) is 20.9. The van der Waals surface area contributed by atoms with Gasteiger partial charge in [-0.3, -0.25) is 9.59 Å². The van der Waals surface area contributed by atoms with Crippen LogP contribution in [0.1, 0.15) is 37.8 Å². The number of amides is 2. The van der Waals surface area contributed by atoms with Crippen LogP contribution < -0.4 is 20.3 Å². The summed E-state index contributed by atoms with van der Waals surface area (Å²) in [5.74, 6) is 0.533. The van der Waals surface area contributed by atoms with Crippen molar-refractivity contribution in [1.82, 2.24) is 10.9 Å². The van der Waals surface area contributed by atoms with Gasteiger partial charge in [-0.1, -0.05) is 31.9 Å². The lowest BCUT2D eigenvalue weighted by molar-refractivity contribution is -0.126. The molecule has 0 aliphatic heterocycles. The lowest BCUT2D eigenvalue weighted by Gasteiger charge is -2.07. The second kappa shape index (κ2) is 13.6. The topological polar surface area (TPSA) is 101 Å². The molecule has 2 aromatic carbocycles. The molecule has 0 bridgehead atoms. The van der Waals surface area contributed by atoms with Crippen molar-refractivity contribution in [3.05, 3.63) is 56.5 Å². The van der Waals surface area contributed by atoms with Crippen LogP contribution in [0.25, 0.3) is 0 Å². The van der Waals surface area contributed by atoms with Crippen LogP contribution >= 0.6 is 31.9 Å². The van der Waals surface area contributed by atoms with Gasteiger partial charge >= 0.3 is 0 Å². The molecule has 0 aliphatic rings. The standard InChI is InChI=1S/C22H24Br2N4O4/c1-3-31-19-7-5-17(23)11-15(19)13-25-27-21(29)9-10-22(30)28-26-14-16-12-18(24)6-8-20(16)32-4-2/h5-8,11-14H,3-4,9-10H2,1-2H3,(H,27,29)(H,28,30)/b25-13-,26-14-. The molecule has 0 atom stereocenters. The summed E-state index contributed by atoms with van der Waals surface area (Å²) in [6.07, 6.45) is 2.92. The van der Waals surface area contributed by atoms with Crippen molar-refractivity contribution >= 4 is 56.1 Å². The minimum atomic E-state index is -0.390. The molecule has 0 heterocycles. The van der Waals surface area contributed by atoms with Gasteiger partial charge in [-0.15, -0.1) is 0 Å². The Morgan fingerprint density at radius 2 is 1.22 bits per heavy atom. The highest BCUT2D eigenvalue weighted by atomic mass is 79.9. The number of carbonyl (C=O) groups is 2. The number of benzene rings is 2. The van der Waals surface area contributed by atoms with E-state index < -0.39 is 0 Å². The van der Waals surface area contributed by atoms with Crippen LogP contribution in [0.2, 0.25) is 0 Å². The molecule has 0 saturated carbocycles. The minimum Gasteiger partial charge on any atom is -0.493 e. The number of rotatable bonds is 11. The van der Waals surface area contributed by atoms with Gasteiger partial charge in [-0.25, -0.2) is 10.9 Å². The van der Waals surface area contributed by atoms with Crippen molar-refractivity contribution in [3.63, 3.8) is 0 Å². The van der Waals surface area contributed by atoms with Gasteiger partial charge in [0.05, 0.1) is 25.6 Å². The average Bonchev–Trinajstić information content (AvgIpc) is 2.76. The molecule has 0 fully saturated rings. The van der Waals surface area contributed by atoms with Crippen molar-refractivity contribution in [3.8, 4) is 11.5 Å². The SMILES string of the molecule is CCOc1ccc(Br)cc1/C=N\NC(=O)CCC(=O)N/N=C\c1cc(Br)ccc1OCC. The Balaban J connectivity index is 1.81. The van der Waals surface area contributed by atoms with Gasteiger partial charge in [0.1, 0.15) is 11.5 Å². The molecule has 2 N–H and O–H groups in total. The Morgan fingerprint density at radius 1 is 0.812 bits per heavy atom. The fourth-order valence-electron chi connectivity index (χ4n) is 2.50. The molecule has 10 heteroatoms. The minimum absolute atomic E-state index is 0.0312.